The van der Waals surface area contributed by atoms with Gasteiger partial charge in [-0.25, -0.2) is 0 Å². The molecule has 2 unspecified atom stereocenters. The van der Waals surface area contributed by atoms with Crippen LogP contribution in [0.1, 0.15) is 33.1 Å². The second-order valence-corrected chi connectivity index (χ2v) is 7.84. The Morgan fingerprint density at radius 1 is 1.16 bits per heavy atom. The van der Waals surface area contributed by atoms with E-state index in [1.807, 2.05) is 0 Å². The highest BCUT2D eigenvalue weighted by Crippen LogP contribution is 2.20. The molecule has 0 bridgehead atoms. The van der Waals surface area contributed by atoms with Crippen molar-refractivity contribution in [2.45, 2.75) is 39.2 Å². The zero-order valence-electron chi connectivity index (χ0n) is 16.3. The molecular weight excluding hydrogens is 314 g/mol. The number of guanidine groups is 1. The summed E-state index contributed by atoms with van der Waals surface area (Å²) in [4.78, 5) is 12.7. The summed E-state index contributed by atoms with van der Waals surface area (Å²) in [7, 11) is 0. The summed E-state index contributed by atoms with van der Waals surface area (Å²) in [5, 5.41) is 3.52. The smallest absolute Gasteiger partial charge is 0.193 e. The minimum Gasteiger partial charge on any atom is -0.379 e. The predicted octanol–water partition coefficient (Wildman–Crippen LogP) is 1.09. The zero-order valence-corrected chi connectivity index (χ0v) is 16.3. The molecule has 6 heteroatoms. The Hall–Kier alpha value is -0.850. The molecule has 0 radical (unpaired) electrons. The number of likely N-dealkylation sites (tertiary alicyclic amines) is 2. The summed E-state index contributed by atoms with van der Waals surface area (Å²) < 4.78 is 5.44. The number of hydrogen-bond donors (Lipinski definition) is 1. The SMILES string of the molecule is CCNC(=NCC(C)CN1CCOCC1)N1CCC(N2CCCC2)C1. The highest BCUT2D eigenvalue weighted by molar-refractivity contribution is 5.80. The van der Waals surface area contributed by atoms with Crippen molar-refractivity contribution in [1.82, 2.24) is 20.0 Å². The van der Waals surface area contributed by atoms with Gasteiger partial charge in [0.1, 0.15) is 0 Å². The van der Waals surface area contributed by atoms with Gasteiger partial charge in [0.15, 0.2) is 5.96 Å². The van der Waals surface area contributed by atoms with E-state index in [2.05, 4.69) is 33.9 Å². The Morgan fingerprint density at radius 2 is 1.92 bits per heavy atom. The van der Waals surface area contributed by atoms with E-state index in [-0.39, 0.29) is 0 Å². The van der Waals surface area contributed by atoms with Crippen molar-refractivity contribution < 1.29 is 4.74 Å². The van der Waals surface area contributed by atoms with Gasteiger partial charge in [-0.05, 0) is 45.2 Å². The van der Waals surface area contributed by atoms with Crippen molar-refractivity contribution in [2.75, 3.05) is 72.1 Å². The van der Waals surface area contributed by atoms with Crippen molar-refractivity contribution in [2.24, 2.45) is 10.9 Å². The highest BCUT2D eigenvalue weighted by Gasteiger charge is 2.30. The number of nitrogens with zero attached hydrogens (tertiary/aromatic N) is 4. The van der Waals surface area contributed by atoms with Gasteiger partial charge in [0.2, 0.25) is 0 Å². The van der Waals surface area contributed by atoms with Gasteiger partial charge < -0.3 is 15.0 Å². The number of aliphatic imine (C=N–C) groups is 1. The summed E-state index contributed by atoms with van der Waals surface area (Å²) in [6.07, 6.45) is 4.04. The molecule has 0 aromatic rings. The first kappa shape index (κ1) is 18.9. The molecule has 0 amide bonds. The number of hydrogen-bond acceptors (Lipinski definition) is 4. The van der Waals surface area contributed by atoms with Crippen LogP contribution in [0.2, 0.25) is 0 Å². The second-order valence-electron chi connectivity index (χ2n) is 7.84. The topological polar surface area (TPSA) is 43.3 Å². The van der Waals surface area contributed by atoms with Crippen LogP contribution in [0.4, 0.5) is 0 Å². The van der Waals surface area contributed by atoms with Crippen molar-refractivity contribution in [3.05, 3.63) is 0 Å². The molecule has 6 nitrogen and oxygen atoms in total. The molecule has 3 aliphatic heterocycles. The fourth-order valence-electron chi connectivity index (χ4n) is 4.29. The maximum Gasteiger partial charge on any atom is 0.193 e. The van der Waals surface area contributed by atoms with Crippen molar-refractivity contribution >= 4 is 5.96 Å². The van der Waals surface area contributed by atoms with Crippen LogP contribution >= 0.6 is 0 Å². The van der Waals surface area contributed by atoms with E-state index in [1.54, 1.807) is 0 Å². The Bertz CT molecular complexity index is 418. The van der Waals surface area contributed by atoms with E-state index in [1.165, 1.54) is 32.4 Å². The number of morpholine rings is 1. The first-order valence-corrected chi connectivity index (χ1v) is 10.3. The zero-order chi connectivity index (χ0) is 17.5. The molecule has 25 heavy (non-hydrogen) atoms. The standard InChI is InChI=1S/C19H37N5O/c1-3-20-19(21-14-17(2)15-22-10-12-25-13-11-22)24-9-6-18(16-24)23-7-4-5-8-23/h17-18H,3-16H2,1-2H3,(H,20,21). The Kier molecular flexibility index (Phi) is 7.37. The molecule has 0 saturated carbocycles. The summed E-state index contributed by atoms with van der Waals surface area (Å²) in [5.41, 5.74) is 0. The van der Waals surface area contributed by atoms with Gasteiger partial charge in [-0.1, -0.05) is 6.92 Å². The van der Waals surface area contributed by atoms with Crippen LogP contribution in [0.25, 0.3) is 0 Å². The molecular formula is C19H37N5O. The first-order valence-electron chi connectivity index (χ1n) is 10.3. The summed E-state index contributed by atoms with van der Waals surface area (Å²) in [6.45, 7) is 16.2. The Balaban J connectivity index is 1.48. The van der Waals surface area contributed by atoms with Crippen LogP contribution < -0.4 is 5.32 Å². The third kappa shape index (κ3) is 5.56. The fourth-order valence-corrected chi connectivity index (χ4v) is 4.29. The van der Waals surface area contributed by atoms with Gasteiger partial charge in [-0.3, -0.25) is 14.8 Å². The van der Waals surface area contributed by atoms with Gasteiger partial charge in [-0.15, -0.1) is 0 Å². The van der Waals surface area contributed by atoms with Gasteiger partial charge in [0, 0.05) is 51.9 Å². The minimum atomic E-state index is 0.587. The van der Waals surface area contributed by atoms with E-state index >= 15 is 0 Å². The lowest BCUT2D eigenvalue weighted by Crippen LogP contribution is -2.43. The molecule has 3 heterocycles. The molecule has 3 aliphatic rings. The normalized spacial score (nSPS) is 27.8. The molecule has 3 fully saturated rings. The Labute approximate surface area is 153 Å². The van der Waals surface area contributed by atoms with E-state index in [4.69, 9.17) is 9.73 Å². The Morgan fingerprint density at radius 3 is 2.64 bits per heavy atom. The minimum absolute atomic E-state index is 0.587. The quantitative estimate of drug-likeness (QED) is 0.573. The molecule has 0 spiro atoms. The average Bonchev–Trinajstić information content (AvgIpc) is 3.30. The van der Waals surface area contributed by atoms with Crippen LogP contribution in [-0.2, 0) is 4.74 Å². The van der Waals surface area contributed by atoms with Gasteiger partial charge in [0.05, 0.1) is 13.2 Å². The lowest BCUT2D eigenvalue weighted by molar-refractivity contribution is 0.0323. The molecule has 2 atom stereocenters. The largest absolute Gasteiger partial charge is 0.379 e. The summed E-state index contributed by atoms with van der Waals surface area (Å²) in [6, 6.07) is 0.733. The van der Waals surface area contributed by atoms with Crippen LogP contribution in [0, 0.1) is 5.92 Å². The molecule has 1 N–H and O–H groups in total. The molecule has 0 aromatic carbocycles. The highest BCUT2D eigenvalue weighted by atomic mass is 16.5. The molecule has 0 aliphatic carbocycles. The molecule has 0 aromatic heterocycles. The van der Waals surface area contributed by atoms with Gasteiger partial charge >= 0.3 is 0 Å². The van der Waals surface area contributed by atoms with E-state index < -0.39 is 0 Å². The van der Waals surface area contributed by atoms with Crippen molar-refractivity contribution in [1.29, 1.82) is 0 Å². The maximum atomic E-state index is 5.44. The van der Waals surface area contributed by atoms with Crippen LogP contribution in [0.3, 0.4) is 0 Å². The average molecular weight is 352 g/mol. The van der Waals surface area contributed by atoms with E-state index in [0.29, 0.717) is 5.92 Å². The summed E-state index contributed by atoms with van der Waals surface area (Å²) in [5.74, 6) is 1.71. The molecule has 3 rings (SSSR count). The maximum absolute atomic E-state index is 5.44. The third-order valence-electron chi connectivity index (χ3n) is 5.68. The predicted molar refractivity (Wildman–Crippen MR) is 103 cm³/mol. The van der Waals surface area contributed by atoms with E-state index in [9.17, 15) is 0 Å². The fraction of sp³-hybridized carbons (Fsp3) is 0.947. The van der Waals surface area contributed by atoms with Crippen LogP contribution in [0.5, 0.6) is 0 Å². The first-order chi connectivity index (χ1) is 12.3. The van der Waals surface area contributed by atoms with Crippen molar-refractivity contribution in [3.63, 3.8) is 0 Å². The van der Waals surface area contributed by atoms with Crippen molar-refractivity contribution in [3.8, 4) is 0 Å². The summed E-state index contributed by atoms with van der Waals surface area (Å²) >= 11 is 0. The molecule has 3 saturated heterocycles. The third-order valence-corrected chi connectivity index (χ3v) is 5.68. The monoisotopic (exact) mass is 351 g/mol. The van der Waals surface area contributed by atoms with Crippen LogP contribution in [0.15, 0.2) is 4.99 Å². The second kappa shape index (κ2) is 9.74. The number of nitrogens with one attached hydrogen (secondary N) is 1. The van der Waals surface area contributed by atoms with Gasteiger partial charge in [-0.2, -0.15) is 0 Å². The van der Waals surface area contributed by atoms with Gasteiger partial charge in [0.25, 0.3) is 0 Å². The molecule has 144 valence electrons. The van der Waals surface area contributed by atoms with E-state index in [0.717, 1.165) is 71.0 Å². The number of rotatable bonds is 6. The lowest BCUT2D eigenvalue weighted by Gasteiger charge is -2.29. The number of ether oxygens (including phenoxy) is 1. The lowest BCUT2D eigenvalue weighted by atomic mass is 10.1. The van der Waals surface area contributed by atoms with Crippen LogP contribution in [-0.4, -0.2) is 98.8 Å².